The summed E-state index contributed by atoms with van der Waals surface area (Å²) < 4.78 is 5.42. The molecule has 2 atom stereocenters. The van der Waals surface area contributed by atoms with Gasteiger partial charge in [-0.1, -0.05) is 37.6 Å². The number of rotatable bonds is 6. The average molecular weight is 257 g/mol. The Morgan fingerprint density at radius 1 is 1.05 bits per heavy atom. The fourth-order valence-electron chi connectivity index (χ4n) is 2.35. The SMILES string of the molecule is CCCc1ccc(C(C)NC(C)c2ccco2)cc1. The molecule has 0 saturated heterocycles. The molecule has 0 aliphatic carbocycles. The van der Waals surface area contributed by atoms with Gasteiger partial charge < -0.3 is 9.73 Å². The summed E-state index contributed by atoms with van der Waals surface area (Å²) in [5.41, 5.74) is 2.73. The van der Waals surface area contributed by atoms with Crippen LogP contribution in [0.5, 0.6) is 0 Å². The summed E-state index contributed by atoms with van der Waals surface area (Å²) in [4.78, 5) is 0. The molecule has 2 unspecified atom stereocenters. The largest absolute Gasteiger partial charge is 0.468 e. The van der Waals surface area contributed by atoms with Crippen LogP contribution in [0, 0.1) is 0 Å². The summed E-state index contributed by atoms with van der Waals surface area (Å²) in [7, 11) is 0. The highest BCUT2D eigenvalue weighted by Crippen LogP contribution is 2.20. The van der Waals surface area contributed by atoms with Gasteiger partial charge in [-0.25, -0.2) is 0 Å². The maximum absolute atomic E-state index is 5.42. The van der Waals surface area contributed by atoms with E-state index in [9.17, 15) is 0 Å². The van der Waals surface area contributed by atoms with Crippen molar-refractivity contribution >= 4 is 0 Å². The zero-order valence-electron chi connectivity index (χ0n) is 12.0. The van der Waals surface area contributed by atoms with Crippen molar-refractivity contribution in [3.05, 3.63) is 59.5 Å². The van der Waals surface area contributed by atoms with Crippen LogP contribution in [0.15, 0.2) is 47.1 Å². The van der Waals surface area contributed by atoms with E-state index in [-0.39, 0.29) is 6.04 Å². The number of hydrogen-bond donors (Lipinski definition) is 1. The minimum Gasteiger partial charge on any atom is -0.468 e. The third-order valence-electron chi connectivity index (χ3n) is 3.49. The van der Waals surface area contributed by atoms with Crippen molar-refractivity contribution in [2.75, 3.05) is 0 Å². The predicted octanol–water partition coefficient (Wildman–Crippen LogP) is 4.64. The maximum Gasteiger partial charge on any atom is 0.120 e. The van der Waals surface area contributed by atoms with Crippen molar-refractivity contribution in [2.24, 2.45) is 0 Å². The van der Waals surface area contributed by atoms with Gasteiger partial charge in [0.05, 0.1) is 12.3 Å². The number of hydrogen-bond acceptors (Lipinski definition) is 2. The molecular formula is C17H23NO. The van der Waals surface area contributed by atoms with Crippen LogP contribution in [-0.4, -0.2) is 0 Å². The lowest BCUT2D eigenvalue weighted by atomic mass is 10.0. The van der Waals surface area contributed by atoms with Crippen molar-refractivity contribution in [3.8, 4) is 0 Å². The molecule has 2 nitrogen and oxygen atoms in total. The Morgan fingerprint density at radius 3 is 2.37 bits per heavy atom. The second kappa shape index (κ2) is 6.58. The highest BCUT2D eigenvalue weighted by Gasteiger charge is 2.12. The van der Waals surface area contributed by atoms with Crippen LogP contribution < -0.4 is 5.32 Å². The lowest BCUT2D eigenvalue weighted by Gasteiger charge is -2.19. The summed E-state index contributed by atoms with van der Waals surface area (Å²) in [6, 6.07) is 13.4. The van der Waals surface area contributed by atoms with Crippen LogP contribution in [0.1, 0.15) is 56.2 Å². The topological polar surface area (TPSA) is 25.2 Å². The molecule has 0 saturated carbocycles. The first-order valence-corrected chi connectivity index (χ1v) is 7.09. The molecule has 19 heavy (non-hydrogen) atoms. The van der Waals surface area contributed by atoms with Crippen molar-refractivity contribution < 1.29 is 4.42 Å². The van der Waals surface area contributed by atoms with E-state index in [1.165, 1.54) is 17.5 Å². The molecule has 1 aromatic heterocycles. The van der Waals surface area contributed by atoms with E-state index >= 15 is 0 Å². The lowest BCUT2D eigenvalue weighted by Crippen LogP contribution is -2.22. The first kappa shape index (κ1) is 13.9. The Bertz CT molecular complexity index is 472. The molecule has 1 heterocycles. The molecule has 0 amide bonds. The maximum atomic E-state index is 5.42. The van der Waals surface area contributed by atoms with E-state index in [1.807, 2.05) is 12.1 Å². The molecular weight excluding hydrogens is 234 g/mol. The molecule has 0 bridgehead atoms. The van der Waals surface area contributed by atoms with Crippen molar-refractivity contribution in [1.29, 1.82) is 0 Å². The fourth-order valence-corrected chi connectivity index (χ4v) is 2.35. The van der Waals surface area contributed by atoms with E-state index in [2.05, 4.69) is 50.4 Å². The molecule has 1 aromatic carbocycles. The minimum atomic E-state index is 0.223. The number of aryl methyl sites for hydroxylation is 1. The zero-order chi connectivity index (χ0) is 13.7. The molecule has 0 fully saturated rings. The summed E-state index contributed by atoms with van der Waals surface area (Å²) >= 11 is 0. The van der Waals surface area contributed by atoms with Gasteiger partial charge in [0, 0.05) is 6.04 Å². The third-order valence-corrected chi connectivity index (χ3v) is 3.49. The van der Waals surface area contributed by atoms with Gasteiger partial charge in [-0.05, 0) is 43.5 Å². The zero-order valence-corrected chi connectivity index (χ0v) is 12.0. The Hall–Kier alpha value is -1.54. The molecule has 0 aliphatic rings. The predicted molar refractivity (Wildman–Crippen MR) is 79.1 cm³/mol. The highest BCUT2D eigenvalue weighted by atomic mass is 16.3. The van der Waals surface area contributed by atoms with Crippen molar-refractivity contribution in [1.82, 2.24) is 5.32 Å². The van der Waals surface area contributed by atoms with E-state index in [4.69, 9.17) is 4.42 Å². The highest BCUT2D eigenvalue weighted by molar-refractivity contribution is 5.25. The van der Waals surface area contributed by atoms with Gasteiger partial charge in [0.25, 0.3) is 0 Å². The lowest BCUT2D eigenvalue weighted by molar-refractivity contribution is 0.403. The van der Waals surface area contributed by atoms with Gasteiger partial charge in [0.2, 0.25) is 0 Å². The molecule has 0 spiro atoms. The van der Waals surface area contributed by atoms with Gasteiger partial charge in [-0.3, -0.25) is 0 Å². The summed E-state index contributed by atoms with van der Waals surface area (Å²) in [6.45, 7) is 6.53. The second-order valence-electron chi connectivity index (χ2n) is 5.12. The summed E-state index contributed by atoms with van der Waals surface area (Å²) in [5.74, 6) is 0.981. The van der Waals surface area contributed by atoms with Crippen molar-refractivity contribution in [2.45, 2.75) is 45.7 Å². The second-order valence-corrected chi connectivity index (χ2v) is 5.12. The van der Waals surface area contributed by atoms with Crippen LogP contribution in [0.25, 0.3) is 0 Å². The number of benzene rings is 1. The van der Waals surface area contributed by atoms with Gasteiger partial charge >= 0.3 is 0 Å². The van der Waals surface area contributed by atoms with Crippen LogP contribution in [-0.2, 0) is 6.42 Å². The molecule has 1 N–H and O–H groups in total. The Balaban J connectivity index is 1.97. The average Bonchev–Trinajstić information content (AvgIpc) is 2.94. The standard InChI is InChI=1S/C17H23NO/c1-4-6-15-8-10-16(11-9-15)13(2)18-14(3)17-7-5-12-19-17/h5,7-14,18H,4,6H2,1-3H3. The van der Waals surface area contributed by atoms with Gasteiger partial charge in [-0.15, -0.1) is 0 Å². The molecule has 2 aromatic rings. The number of furan rings is 1. The first-order chi connectivity index (χ1) is 9.20. The van der Waals surface area contributed by atoms with Gasteiger partial charge in [0.15, 0.2) is 0 Å². The first-order valence-electron chi connectivity index (χ1n) is 7.09. The quantitative estimate of drug-likeness (QED) is 0.815. The van der Waals surface area contributed by atoms with Crippen LogP contribution in [0.4, 0.5) is 0 Å². The Labute approximate surface area is 115 Å². The van der Waals surface area contributed by atoms with E-state index in [1.54, 1.807) is 6.26 Å². The Morgan fingerprint density at radius 2 is 1.79 bits per heavy atom. The van der Waals surface area contributed by atoms with Gasteiger partial charge in [0.1, 0.15) is 5.76 Å². The smallest absolute Gasteiger partial charge is 0.120 e. The normalized spacial score (nSPS) is 14.3. The summed E-state index contributed by atoms with van der Waals surface area (Å²) in [6.07, 6.45) is 4.07. The monoisotopic (exact) mass is 257 g/mol. The number of nitrogens with one attached hydrogen (secondary N) is 1. The molecule has 2 rings (SSSR count). The van der Waals surface area contributed by atoms with Crippen LogP contribution >= 0.6 is 0 Å². The minimum absolute atomic E-state index is 0.223. The Kier molecular flexibility index (Phi) is 4.80. The third kappa shape index (κ3) is 3.71. The molecule has 0 aliphatic heterocycles. The van der Waals surface area contributed by atoms with Crippen molar-refractivity contribution in [3.63, 3.8) is 0 Å². The van der Waals surface area contributed by atoms with E-state index < -0.39 is 0 Å². The van der Waals surface area contributed by atoms with Crippen LogP contribution in [0.2, 0.25) is 0 Å². The molecule has 102 valence electrons. The summed E-state index contributed by atoms with van der Waals surface area (Å²) in [5, 5.41) is 3.56. The van der Waals surface area contributed by atoms with Gasteiger partial charge in [-0.2, -0.15) is 0 Å². The molecule has 0 radical (unpaired) electrons. The van der Waals surface area contributed by atoms with Crippen LogP contribution in [0.3, 0.4) is 0 Å². The molecule has 2 heteroatoms. The fraction of sp³-hybridized carbons (Fsp3) is 0.412. The van der Waals surface area contributed by atoms with E-state index in [0.717, 1.165) is 12.2 Å². The van der Waals surface area contributed by atoms with E-state index in [0.29, 0.717) is 6.04 Å².